The minimum absolute atomic E-state index is 0. The zero-order chi connectivity index (χ0) is 12.1. The van der Waals surface area contributed by atoms with Crippen molar-refractivity contribution >= 4 is 18.2 Å². The van der Waals surface area contributed by atoms with Crippen LogP contribution in [-0.4, -0.2) is 29.8 Å². The Labute approximate surface area is 110 Å². The van der Waals surface area contributed by atoms with E-state index in [2.05, 4.69) is 18.7 Å². The molecule has 0 fully saturated rings. The number of Topliss-reactive ketones (excluding diaryl/α,β-unsaturated/α-hetero) is 1. The van der Waals surface area contributed by atoms with E-state index < -0.39 is 0 Å². The van der Waals surface area contributed by atoms with Gasteiger partial charge >= 0.3 is 0 Å². The van der Waals surface area contributed by atoms with Gasteiger partial charge in [-0.3, -0.25) is 9.69 Å². The van der Waals surface area contributed by atoms with Gasteiger partial charge in [-0.15, -0.1) is 12.4 Å². The van der Waals surface area contributed by atoms with Gasteiger partial charge in [0.1, 0.15) is 0 Å². The highest BCUT2D eigenvalue weighted by atomic mass is 35.5. The molecule has 0 aliphatic rings. The van der Waals surface area contributed by atoms with Crippen LogP contribution in [-0.2, 0) is 0 Å². The molecule has 0 amide bonds. The molecule has 0 radical (unpaired) electrons. The van der Waals surface area contributed by atoms with Crippen molar-refractivity contribution < 1.29 is 4.79 Å². The minimum Gasteiger partial charge on any atom is -0.294 e. The van der Waals surface area contributed by atoms with Gasteiger partial charge in [0.05, 0.1) is 6.04 Å². The number of rotatable bonds is 5. The smallest absolute Gasteiger partial charge is 0.179 e. The second-order valence-electron chi connectivity index (χ2n) is 4.13. The normalized spacial score (nSPS) is 12.1. The topological polar surface area (TPSA) is 20.3 Å². The number of carbonyl (C=O) groups excluding carboxylic acids is 1. The van der Waals surface area contributed by atoms with E-state index in [4.69, 9.17) is 0 Å². The van der Waals surface area contributed by atoms with Crippen molar-refractivity contribution in [2.45, 2.75) is 33.7 Å². The Bertz CT molecular complexity index is 344. The molecule has 1 rings (SSSR count). The molecule has 0 saturated heterocycles. The fraction of sp³-hybridized carbons (Fsp3) is 0.500. The molecule has 0 aliphatic heterocycles. The Hall–Kier alpha value is -0.860. The van der Waals surface area contributed by atoms with Gasteiger partial charge in [-0.1, -0.05) is 43.7 Å². The number of likely N-dealkylation sites (N-methyl/N-ethyl adjacent to an activating group) is 1. The second kappa shape index (κ2) is 7.46. The van der Waals surface area contributed by atoms with Gasteiger partial charge in [0, 0.05) is 5.56 Å². The predicted octanol–water partition coefficient (Wildman–Crippen LogP) is 3.33. The maximum atomic E-state index is 12.2. The summed E-state index contributed by atoms with van der Waals surface area (Å²) < 4.78 is 0. The minimum atomic E-state index is -0.0299. The van der Waals surface area contributed by atoms with E-state index >= 15 is 0 Å². The fourth-order valence-electron chi connectivity index (χ4n) is 1.90. The third kappa shape index (κ3) is 4.14. The number of benzene rings is 1. The van der Waals surface area contributed by atoms with Gasteiger partial charge < -0.3 is 0 Å². The van der Waals surface area contributed by atoms with Crippen molar-refractivity contribution in [3.8, 4) is 0 Å². The summed E-state index contributed by atoms with van der Waals surface area (Å²) in [5, 5.41) is 0. The number of hydrogen-bond donors (Lipinski definition) is 0. The molecule has 17 heavy (non-hydrogen) atoms. The average molecular weight is 256 g/mol. The van der Waals surface area contributed by atoms with Crippen molar-refractivity contribution in [2.24, 2.45) is 0 Å². The molecular formula is C14H22ClNO. The highest BCUT2D eigenvalue weighted by Gasteiger charge is 2.19. The first-order valence-electron chi connectivity index (χ1n) is 5.95. The summed E-state index contributed by atoms with van der Waals surface area (Å²) in [5.74, 6) is 0.212. The lowest BCUT2D eigenvalue weighted by molar-refractivity contribution is 0.0851. The van der Waals surface area contributed by atoms with Crippen molar-refractivity contribution in [3.05, 3.63) is 35.4 Å². The third-order valence-electron chi connectivity index (χ3n) is 3.08. The van der Waals surface area contributed by atoms with Gasteiger partial charge in [-0.25, -0.2) is 0 Å². The van der Waals surface area contributed by atoms with Gasteiger partial charge in [-0.05, 0) is 26.9 Å². The molecule has 0 spiro atoms. The van der Waals surface area contributed by atoms with E-state index in [0.717, 1.165) is 18.7 Å². The quantitative estimate of drug-likeness (QED) is 0.753. The van der Waals surface area contributed by atoms with E-state index in [-0.39, 0.29) is 24.2 Å². The number of nitrogens with zero attached hydrogens (tertiary/aromatic N) is 1. The number of ketones is 1. The van der Waals surface area contributed by atoms with Crippen LogP contribution in [0.2, 0.25) is 0 Å². The largest absolute Gasteiger partial charge is 0.294 e. The van der Waals surface area contributed by atoms with Crippen LogP contribution in [0.3, 0.4) is 0 Å². The number of aryl methyl sites for hydroxylation is 1. The predicted molar refractivity (Wildman–Crippen MR) is 75.1 cm³/mol. The van der Waals surface area contributed by atoms with Crippen molar-refractivity contribution in [1.29, 1.82) is 0 Å². The Morgan fingerprint density at radius 2 is 1.65 bits per heavy atom. The standard InChI is InChI=1S/C14H21NO.ClH/c1-5-15(6-2)12(4)14(16)13-9-7-11(3)8-10-13;/h7-10,12H,5-6H2,1-4H3;1H. The lowest BCUT2D eigenvalue weighted by atomic mass is 10.0. The second-order valence-corrected chi connectivity index (χ2v) is 4.13. The molecule has 0 aromatic heterocycles. The summed E-state index contributed by atoms with van der Waals surface area (Å²) >= 11 is 0. The molecule has 1 aromatic carbocycles. The van der Waals surface area contributed by atoms with Gasteiger partial charge in [0.25, 0.3) is 0 Å². The van der Waals surface area contributed by atoms with Crippen LogP contribution in [0, 0.1) is 6.92 Å². The molecule has 0 bridgehead atoms. The van der Waals surface area contributed by atoms with E-state index in [1.54, 1.807) is 0 Å². The lowest BCUT2D eigenvalue weighted by Crippen LogP contribution is -2.38. The number of carbonyl (C=O) groups is 1. The average Bonchev–Trinajstić information content (AvgIpc) is 2.30. The zero-order valence-corrected chi connectivity index (χ0v) is 11.9. The van der Waals surface area contributed by atoms with Crippen LogP contribution >= 0.6 is 12.4 Å². The van der Waals surface area contributed by atoms with Crippen LogP contribution < -0.4 is 0 Å². The SMILES string of the molecule is CCN(CC)C(C)C(=O)c1ccc(C)cc1.Cl. The van der Waals surface area contributed by atoms with Crippen LogP contribution in [0.4, 0.5) is 0 Å². The maximum Gasteiger partial charge on any atom is 0.179 e. The summed E-state index contributed by atoms with van der Waals surface area (Å²) in [5.41, 5.74) is 2.00. The molecule has 0 saturated carbocycles. The van der Waals surface area contributed by atoms with Gasteiger partial charge in [-0.2, -0.15) is 0 Å². The van der Waals surface area contributed by atoms with Crippen molar-refractivity contribution in [3.63, 3.8) is 0 Å². The van der Waals surface area contributed by atoms with Crippen molar-refractivity contribution in [2.75, 3.05) is 13.1 Å². The molecule has 1 unspecified atom stereocenters. The highest BCUT2D eigenvalue weighted by molar-refractivity contribution is 5.99. The maximum absolute atomic E-state index is 12.2. The summed E-state index contributed by atoms with van der Waals surface area (Å²) in [4.78, 5) is 14.3. The molecule has 0 aliphatic carbocycles. The Kier molecular flexibility index (Phi) is 7.09. The number of halogens is 1. The first-order valence-corrected chi connectivity index (χ1v) is 5.95. The Morgan fingerprint density at radius 3 is 2.06 bits per heavy atom. The van der Waals surface area contributed by atoms with Crippen LogP contribution in [0.5, 0.6) is 0 Å². The van der Waals surface area contributed by atoms with E-state index in [0.29, 0.717) is 0 Å². The van der Waals surface area contributed by atoms with E-state index in [9.17, 15) is 4.79 Å². The zero-order valence-electron chi connectivity index (χ0n) is 11.1. The molecule has 0 heterocycles. The third-order valence-corrected chi connectivity index (χ3v) is 3.08. The molecule has 0 N–H and O–H groups in total. The van der Waals surface area contributed by atoms with Crippen molar-refractivity contribution in [1.82, 2.24) is 4.90 Å². The highest BCUT2D eigenvalue weighted by Crippen LogP contribution is 2.10. The van der Waals surface area contributed by atoms with E-state index in [1.165, 1.54) is 5.56 Å². The molecule has 1 aromatic rings. The van der Waals surface area contributed by atoms with Gasteiger partial charge in [0.2, 0.25) is 0 Å². The van der Waals surface area contributed by atoms with E-state index in [1.807, 2.05) is 38.1 Å². The molecular weight excluding hydrogens is 234 g/mol. The Balaban J connectivity index is 0.00000256. The first kappa shape index (κ1) is 16.1. The first-order chi connectivity index (χ1) is 7.60. The van der Waals surface area contributed by atoms with Gasteiger partial charge in [0.15, 0.2) is 5.78 Å². The summed E-state index contributed by atoms with van der Waals surface area (Å²) in [7, 11) is 0. The molecule has 96 valence electrons. The molecule has 3 heteroatoms. The number of hydrogen-bond acceptors (Lipinski definition) is 2. The summed E-state index contributed by atoms with van der Waals surface area (Å²) in [6, 6.07) is 7.78. The summed E-state index contributed by atoms with van der Waals surface area (Å²) in [6.45, 7) is 10.0. The summed E-state index contributed by atoms with van der Waals surface area (Å²) in [6.07, 6.45) is 0. The molecule has 2 nitrogen and oxygen atoms in total. The molecule has 1 atom stereocenters. The fourth-order valence-corrected chi connectivity index (χ4v) is 1.90. The van der Waals surface area contributed by atoms with Crippen LogP contribution in [0.15, 0.2) is 24.3 Å². The van der Waals surface area contributed by atoms with Crippen LogP contribution in [0.25, 0.3) is 0 Å². The Morgan fingerprint density at radius 1 is 1.18 bits per heavy atom. The monoisotopic (exact) mass is 255 g/mol. The lowest BCUT2D eigenvalue weighted by Gasteiger charge is -2.25. The van der Waals surface area contributed by atoms with Crippen LogP contribution in [0.1, 0.15) is 36.7 Å².